The third-order valence-corrected chi connectivity index (χ3v) is 2.02. The Morgan fingerprint density at radius 1 is 1.29 bits per heavy atom. The average Bonchev–Trinajstić information content (AvgIpc) is 2.08. The Bertz CT molecular complexity index is 369. The highest BCUT2D eigenvalue weighted by molar-refractivity contribution is 5.93. The molecule has 14 heavy (non-hydrogen) atoms. The fourth-order valence-electron chi connectivity index (χ4n) is 1.30. The van der Waals surface area contributed by atoms with Crippen molar-refractivity contribution in [2.75, 3.05) is 0 Å². The van der Waals surface area contributed by atoms with Gasteiger partial charge in [0.1, 0.15) is 5.56 Å². The van der Waals surface area contributed by atoms with Crippen molar-refractivity contribution in [3.05, 3.63) is 23.3 Å². The minimum atomic E-state index is -1.23. The van der Waals surface area contributed by atoms with E-state index < -0.39 is 17.5 Å². The van der Waals surface area contributed by atoms with Crippen molar-refractivity contribution in [1.29, 1.82) is 0 Å². The molecule has 0 saturated heterocycles. The van der Waals surface area contributed by atoms with E-state index in [-0.39, 0.29) is 11.5 Å². The largest absolute Gasteiger partial charge is 0.504 e. The highest BCUT2D eigenvalue weighted by Gasteiger charge is 2.19. The van der Waals surface area contributed by atoms with E-state index in [0.29, 0.717) is 5.56 Å². The first kappa shape index (κ1) is 10.4. The number of phenols is 2. The van der Waals surface area contributed by atoms with Crippen LogP contribution in [0.25, 0.3) is 0 Å². The van der Waals surface area contributed by atoms with E-state index in [4.69, 9.17) is 10.2 Å². The monoisotopic (exact) mass is 196 g/mol. The quantitative estimate of drug-likeness (QED) is 0.631. The summed E-state index contributed by atoms with van der Waals surface area (Å²) in [7, 11) is 0. The van der Waals surface area contributed by atoms with E-state index >= 15 is 0 Å². The number of aromatic hydroxyl groups is 2. The van der Waals surface area contributed by atoms with Gasteiger partial charge in [-0.05, 0) is 17.5 Å². The van der Waals surface area contributed by atoms with Gasteiger partial charge in [-0.25, -0.2) is 4.79 Å². The summed E-state index contributed by atoms with van der Waals surface area (Å²) in [6.45, 7) is 3.64. The van der Waals surface area contributed by atoms with Crippen LogP contribution in [0.5, 0.6) is 11.5 Å². The molecule has 4 heteroatoms. The molecule has 0 spiro atoms. The maximum Gasteiger partial charge on any atom is 0.339 e. The minimum Gasteiger partial charge on any atom is -0.504 e. The zero-order valence-corrected chi connectivity index (χ0v) is 7.98. The van der Waals surface area contributed by atoms with E-state index in [1.54, 1.807) is 0 Å². The summed E-state index contributed by atoms with van der Waals surface area (Å²) in [4.78, 5) is 10.8. The lowest BCUT2D eigenvalue weighted by molar-refractivity contribution is 0.0691. The number of carbonyl (C=O) groups is 1. The normalized spacial score (nSPS) is 10.5. The smallest absolute Gasteiger partial charge is 0.339 e. The molecule has 0 radical (unpaired) electrons. The molecule has 1 rings (SSSR count). The molecule has 1 aromatic carbocycles. The molecule has 1 aromatic rings. The number of hydrogen-bond acceptors (Lipinski definition) is 3. The number of hydrogen-bond donors (Lipinski definition) is 3. The van der Waals surface area contributed by atoms with Gasteiger partial charge < -0.3 is 15.3 Å². The Morgan fingerprint density at radius 2 is 1.86 bits per heavy atom. The molecule has 0 heterocycles. The maximum atomic E-state index is 10.8. The second kappa shape index (κ2) is 3.57. The van der Waals surface area contributed by atoms with Crippen LogP contribution in [0, 0.1) is 0 Å². The van der Waals surface area contributed by atoms with E-state index in [0.717, 1.165) is 0 Å². The molecule has 0 unspecified atom stereocenters. The van der Waals surface area contributed by atoms with E-state index in [9.17, 15) is 9.90 Å². The summed E-state index contributed by atoms with van der Waals surface area (Å²) in [5.41, 5.74) is 0.285. The number of carboxylic acid groups (broad SMARTS) is 1. The number of carboxylic acids is 1. The van der Waals surface area contributed by atoms with Gasteiger partial charge >= 0.3 is 5.97 Å². The Balaban J connectivity index is 3.45. The van der Waals surface area contributed by atoms with Crippen molar-refractivity contribution in [1.82, 2.24) is 0 Å². The predicted molar refractivity (Wildman–Crippen MR) is 50.8 cm³/mol. The summed E-state index contributed by atoms with van der Waals surface area (Å²) in [6.07, 6.45) is 0. The SMILES string of the molecule is CC(C)c1ccc(O)c(O)c1C(=O)O. The first-order chi connectivity index (χ1) is 6.45. The molecular formula is C10H12O4. The Kier molecular flexibility index (Phi) is 2.65. The van der Waals surface area contributed by atoms with Gasteiger partial charge in [-0.3, -0.25) is 0 Å². The third kappa shape index (κ3) is 1.64. The van der Waals surface area contributed by atoms with E-state index in [2.05, 4.69) is 0 Å². The van der Waals surface area contributed by atoms with Crippen LogP contribution in [0.4, 0.5) is 0 Å². The fraction of sp³-hybridized carbons (Fsp3) is 0.300. The van der Waals surface area contributed by atoms with Crippen LogP contribution < -0.4 is 0 Å². The highest BCUT2D eigenvalue weighted by atomic mass is 16.4. The van der Waals surface area contributed by atoms with Gasteiger partial charge in [-0.2, -0.15) is 0 Å². The standard InChI is InChI=1S/C10H12O4/c1-5(2)6-3-4-7(11)9(12)8(6)10(13)14/h3-5,11-12H,1-2H3,(H,13,14). The Morgan fingerprint density at radius 3 is 2.29 bits per heavy atom. The molecule has 0 amide bonds. The minimum absolute atomic E-state index is 0.0207. The first-order valence-electron chi connectivity index (χ1n) is 4.23. The van der Waals surface area contributed by atoms with Gasteiger partial charge in [-0.15, -0.1) is 0 Å². The van der Waals surface area contributed by atoms with Gasteiger partial charge in [-0.1, -0.05) is 19.9 Å². The average molecular weight is 196 g/mol. The molecule has 0 fully saturated rings. The summed E-state index contributed by atoms with van der Waals surface area (Å²) in [6, 6.07) is 2.79. The lowest BCUT2D eigenvalue weighted by Crippen LogP contribution is -2.04. The van der Waals surface area contributed by atoms with Crippen LogP contribution in [0.1, 0.15) is 35.7 Å². The van der Waals surface area contributed by atoms with Gasteiger partial charge in [0.15, 0.2) is 11.5 Å². The molecule has 76 valence electrons. The van der Waals surface area contributed by atoms with Crippen molar-refractivity contribution in [3.63, 3.8) is 0 Å². The van der Waals surface area contributed by atoms with Gasteiger partial charge in [0.2, 0.25) is 0 Å². The van der Waals surface area contributed by atoms with Crippen LogP contribution in [0.15, 0.2) is 12.1 Å². The summed E-state index contributed by atoms with van der Waals surface area (Å²) < 4.78 is 0. The molecule has 0 atom stereocenters. The first-order valence-corrected chi connectivity index (χ1v) is 4.23. The molecule has 0 aromatic heterocycles. The van der Waals surface area contributed by atoms with Crippen LogP contribution in [0.3, 0.4) is 0 Å². The lowest BCUT2D eigenvalue weighted by Gasteiger charge is -2.11. The van der Waals surface area contributed by atoms with Crippen LogP contribution >= 0.6 is 0 Å². The molecule has 0 aliphatic rings. The summed E-state index contributed by atoms with van der Waals surface area (Å²) >= 11 is 0. The molecule has 0 saturated carbocycles. The fourth-order valence-corrected chi connectivity index (χ4v) is 1.30. The second-order valence-corrected chi connectivity index (χ2v) is 3.36. The molecule has 4 nitrogen and oxygen atoms in total. The second-order valence-electron chi connectivity index (χ2n) is 3.36. The molecular weight excluding hydrogens is 184 g/mol. The number of phenolic OH excluding ortho intramolecular Hbond substituents is 1. The Hall–Kier alpha value is -1.71. The van der Waals surface area contributed by atoms with Gasteiger partial charge in [0.25, 0.3) is 0 Å². The van der Waals surface area contributed by atoms with Gasteiger partial charge in [0.05, 0.1) is 0 Å². The lowest BCUT2D eigenvalue weighted by atomic mass is 9.96. The van der Waals surface area contributed by atoms with E-state index in [1.165, 1.54) is 12.1 Å². The zero-order chi connectivity index (χ0) is 10.9. The zero-order valence-electron chi connectivity index (χ0n) is 7.98. The number of rotatable bonds is 2. The van der Waals surface area contributed by atoms with Crippen molar-refractivity contribution in [2.45, 2.75) is 19.8 Å². The summed E-state index contributed by atoms with van der Waals surface area (Å²) in [5, 5.41) is 27.4. The van der Waals surface area contributed by atoms with Crippen molar-refractivity contribution in [3.8, 4) is 11.5 Å². The van der Waals surface area contributed by atoms with Crippen molar-refractivity contribution >= 4 is 5.97 Å². The van der Waals surface area contributed by atoms with Crippen molar-refractivity contribution < 1.29 is 20.1 Å². The highest BCUT2D eigenvalue weighted by Crippen LogP contribution is 2.34. The molecule has 0 aliphatic heterocycles. The summed E-state index contributed by atoms with van der Waals surface area (Å²) in [5.74, 6) is -2.23. The molecule has 3 N–H and O–H groups in total. The van der Waals surface area contributed by atoms with Gasteiger partial charge in [0, 0.05) is 0 Å². The van der Waals surface area contributed by atoms with Crippen LogP contribution in [0.2, 0.25) is 0 Å². The van der Waals surface area contributed by atoms with Crippen LogP contribution in [-0.2, 0) is 0 Å². The third-order valence-electron chi connectivity index (χ3n) is 2.02. The Labute approximate surface area is 81.4 Å². The molecule has 0 bridgehead atoms. The molecule has 0 aliphatic carbocycles. The maximum absolute atomic E-state index is 10.8. The van der Waals surface area contributed by atoms with Crippen molar-refractivity contribution in [2.24, 2.45) is 0 Å². The van der Waals surface area contributed by atoms with E-state index in [1.807, 2.05) is 13.8 Å². The predicted octanol–water partition coefficient (Wildman–Crippen LogP) is 1.92. The number of benzene rings is 1. The van der Waals surface area contributed by atoms with Crippen LogP contribution in [-0.4, -0.2) is 21.3 Å². The topological polar surface area (TPSA) is 77.8 Å². The number of aromatic carboxylic acids is 1.